The second kappa shape index (κ2) is 2.10. The van der Waals surface area contributed by atoms with Gasteiger partial charge in [0.25, 0.3) is 0 Å². The summed E-state index contributed by atoms with van der Waals surface area (Å²) < 4.78 is 4.60. The van der Waals surface area contributed by atoms with Crippen molar-refractivity contribution in [2.24, 2.45) is 11.8 Å². The molecule has 66 valence electrons. The van der Waals surface area contributed by atoms with E-state index in [2.05, 4.69) is 4.74 Å². The van der Waals surface area contributed by atoms with Crippen molar-refractivity contribution < 1.29 is 14.3 Å². The lowest BCUT2D eigenvalue weighted by Crippen LogP contribution is -2.23. The Balaban J connectivity index is 2.19. The van der Waals surface area contributed by atoms with Crippen LogP contribution >= 0.6 is 0 Å². The van der Waals surface area contributed by atoms with E-state index in [9.17, 15) is 9.59 Å². The number of ether oxygens (including phenoxy) is 1. The van der Waals surface area contributed by atoms with E-state index in [1.807, 2.05) is 12.2 Å². The molecule has 4 aliphatic rings. The third kappa shape index (κ3) is 0.742. The fraction of sp³-hybridized carbons (Fsp3) is 0.400. The number of allylic oxidation sites excluding steroid dienone is 2. The normalized spacial score (nSPS) is 35.4. The van der Waals surface area contributed by atoms with E-state index in [1.165, 1.54) is 0 Å². The predicted molar refractivity (Wildman–Crippen MR) is 43.5 cm³/mol. The lowest BCUT2D eigenvalue weighted by molar-refractivity contribution is -0.151. The van der Waals surface area contributed by atoms with Gasteiger partial charge in [0.15, 0.2) is 0 Å². The number of fused-ring (bicyclic) bond motifs is 1. The molecule has 13 heavy (non-hydrogen) atoms. The van der Waals surface area contributed by atoms with Crippen LogP contribution in [0, 0.1) is 11.8 Å². The molecule has 0 N–H and O–H groups in total. The van der Waals surface area contributed by atoms with E-state index < -0.39 is 11.9 Å². The first-order valence-electron chi connectivity index (χ1n) is 4.46. The summed E-state index contributed by atoms with van der Waals surface area (Å²) >= 11 is 0. The quantitative estimate of drug-likeness (QED) is 0.313. The highest BCUT2D eigenvalue weighted by molar-refractivity contribution is 6.13. The van der Waals surface area contributed by atoms with Crippen molar-refractivity contribution in [2.75, 3.05) is 0 Å². The molecule has 0 aromatic heterocycles. The Morgan fingerprint density at radius 1 is 1.00 bits per heavy atom. The topological polar surface area (TPSA) is 43.4 Å². The van der Waals surface area contributed by atoms with Crippen LogP contribution in [0.1, 0.15) is 12.8 Å². The zero-order chi connectivity index (χ0) is 9.00. The summed E-state index contributed by atoms with van der Waals surface area (Å²) in [7, 11) is 0. The van der Waals surface area contributed by atoms with E-state index in [-0.39, 0.29) is 11.8 Å². The van der Waals surface area contributed by atoms with E-state index in [1.54, 1.807) is 0 Å². The smallest absolute Gasteiger partial charge is 0.343 e. The van der Waals surface area contributed by atoms with E-state index in [4.69, 9.17) is 0 Å². The summed E-state index contributed by atoms with van der Waals surface area (Å²) in [6, 6.07) is 0. The van der Waals surface area contributed by atoms with Crippen molar-refractivity contribution in [1.29, 1.82) is 0 Å². The largest absolute Gasteiger partial charge is 0.386 e. The first kappa shape index (κ1) is 7.06. The van der Waals surface area contributed by atoms with Crippen LogP contribution in [0.2, 0.25) is 0 Å². The minimum absolute atomic E-state index is 0.138. The van der Waals surface area contributed by atoms with Gasteiger partial charge in [-0.3, -0.25) is 0 Å². The van der Waals surface area contributed by atoms with Gasteiger partial charge in [0.2, 0.25) is 0 Å². The highest BCUT2D eigenvalue weighted by Gasteiger charge is 2.44. The van der Waals surface area contributed by atoms with Crippen LogP contribution in [0.15, 0.2) is 23.3 Å². The van der Waals surface area contributed by atoms with Crippen LogP contribution in [-0.2, 0) is 14.3 Å². The van der Waals surface area contributed by atoms with E-state index >= 15 is 0 Å². The average Bonchev–Trinajstić information content (AvgIpc) is 2.47. The van der Waals surface area contributed by atoms with Crippen molar-refractivity contribution in [3.05, 3.63) is 23.3 Å². The van der Waals surface area contributed by atoms with Crippen molar-refractivity contribution in [2.45, 2.75) is 12.8 Å². The average molecular weight is 176 g/mol. The Bertz CT molecular complexity index is 342. The molecule has 4 rings (SSSR count). The van der Waals surface area contributed by atoms with Crippen molar-refractivity contribution >= 4 is 11.9 Å². The zero-order valence-electron chi connectivity index (χ0n) is 6.95. The number of carbonyl (C=O) groups is 2. The van der Waals surface area contributed by atoms with Gasteiger partial charge in [-0.15, -0.1) is 0 Å². The molecule has 3 heteroatoms. The Morgan fingerprint density at radius 2 is 1.46 bits per heavy atom. The number of rotatable bonds is 0. The van der Waals surface area contributed by atoms with Gasteiger partial charge in [-0.1, -0.05) is 12.2 Å². The van der Waals surface area contributed by atoms with Gasteiger partial charge < -0.3 is 4.74 Å². The maximum atomic E-state index is 11.3. The van der Waals surface area contributed by atoms with Crippen LogP contribution in [0.5, 0.6) is 0 Å². The van der Waals surface area contributed by atoms with E-state index in [0.29, 0.717) is 11.1 Å². The molecule has 0 aromatic rings. The monoisotopic (exact) mass is 176 g/mol. The standard InChI is InChI=1S/C10H8O3/c11-9-7-5-1-2-6(4-3-5)8(7)10(12)13-9/h1-2,5-6H,3-4H2. The second-order valence-corrected chi connectivity index (χ2v) is 3.68. The molecule has 0 saturated heterocycles. The molecule has 2 unspecified atom stereocenters. The molecule has 3 aliphatic carbocycles. The molecule has 1 heterocycles. The van der Waals surface area contributed by atoms with Gasteiger partial charge in [0.05, 0.1) is 11.1 Å². The minimum Gasteiger partial charge on any atom is -0.386 e. The first-order chi connectivity index (χ1) is 6.27. The maximum absolute atomic E-state index is 11.3. The molecular formula is C10H8O3. The van der Waals surface area contributed by atoms with Crippen LogP contribution in [-0.4, -0.2) is 11.9 Å². The molecule has 0 spiro atoms. The number of carbonyl (C=O) groups excluding carboxylic acids is 2. The number of cyclic esters (lactones) is 2. The molecule has 0 amide bonds. The summed E-state index contributed by atoms with van der Waals surface area (Å²) in [6.07, 6.45) is 5.99. The molecule has 0 aromatic carbocycles. The van der Waals surface area contributed by atoms with Crippen LogP contribution in [0.3, 0.4) is 0 Å². The molecule has 0 fully saturated rings. The molecule has 0 saturated carbocycles. The van der Waals surface area contributed by atoms with Gasteiger partial charge >= 0.3 is 11.9 Å². The molecule has 0 radical (unpaired) electrons. The van der Waals surface area contributed by atoms with Crippen molar-refractivity contribution in [1.82, 2.24) is 0 Å². The van der Waals surface area contributed by atoms with Crippen molar-refractivity contribution in [3.8, 4) is 0 Å². The Morgan fingerprint density at radius 3 is 1.85 bits per heavy atom. The lowest BCUT2D eigenvalue weighted by atomic mass is 9.72. The Labute approximate surface area is 75.1 Å². The van der Waals surface area contributed by atoms with E-state index in [0.717, 1.165) is 12.8 Å². The summed E-state index contributed by atoms with van der Waals surface area (Å²) in [5, 5.41) is 0. The Hall–Kier alpha value is -1.38. The second-order valence-electron chi connectivity index (χ2n) is 3.68. The third-order valence-electron chi connectivity index (χ3n) is 3.02. The maximum Gasteiger partial charge on any atom is 0.343 e. The van der Waals surface area contributed by atoms with Crippen molar-refractivity contribution in [3.63, 3.8) is 0 Å². The highest BCUT2D eigenvalue weighted by Crippen LogP contribution is 2.44. The first-order valence-corrected chi connectivity index (χ1v) is 4.46. The van der Waals surface area contributed by atoms with Crippen LogP contribution in [0.4, 0.5) is 0 Å². The summed E-state index contributed by atoms with van der Waals surface area (Å²) in [5.41, 5.74) is 1.26. The zero-order valence-corrected chi connectivity index (χ0v) is 6.95. The molecular weight excluding hydrogens is 168 g/mol. The fourth-order valence-corrected chi connectivity index (χ4v) is 2.42. The summed E-state index contributed by atoms with van der Waals surface area (Å²) in [6.45, 7) is 0. The molecule has 2 atom stereocenters. The SMILES string of the molecule is O=C1OC(=O)C2=C1C1C=CC2CC1. The summed E-state index contributed by atoms with van der Waals surface area (Å²) in [5.74, 6) is -0.559. The predicted octanol–water partition coefficient (Wildman–Crippen LogP) is 0.962. The molecule has 3 nitrogen and oxygen atoms in total. The summed E-state index contributed by atoms with van der Waals surface area (Å²) in [4.78, 5) is 22.5. The third-order valence-corrected chi connectivity index (χ3v) is 3.02. The Kier molecular flexibility index (Phi) is 1.14. The molecule has 1 aliphatic heterocycles. The van der Waals surface area contributed by atoms with Crippen LogP contribution in [0.25, 0.3) is 0 Å². The minimum atomic E-state index is -0.418. The fourth-order valence-electron chi connectivity index (χ4n) is 2.42. The number of hydrogen-bond acceptors (Lipinski definition) is 3. The van der Waals surface area contributed by atoms with Gasteiger partial charge in [-0.25, -0.2) is 9.59 Å². The molecule has 2 bridgehead atoms. The lowest BCUT2D eigenvalue weighted by Gasteiger charge is -2.28. The van der Waals surface area contributed by atoms with Gasteiger partial charge in [0.1, 0.15) is 0 Å². The number of hydrogen-bond donors (Lipinski definition) is 0. The van der Waals surface area contributed by atoms with Gasteiger partial charge in [-0.05, 0) is 12.8 Å². The van der Waals surface area contributed by atoms with Gasteiger partial charge in [0, 0.05) is 11.8 Å². The number of esters is 2. The van der Waals surface area contributed by atoms with Gasteiger partial charge in [-0.2, -0.15) is 0 Å². The van der Waals surface area contributed by atoms with Crippen LogP contribution < -0.4 is 0 Å². The highest BCUT2D eigenvalue weighted by atomic mass is 16.6.